The lowest BCUT2D eigenvalue weighted by Crippen LogP contribution is -2.64. The molecule has 16 heteroatoms. The molecule has 0 amide bonds. The number of hydrogen-bond donors (Lipinski definition) is 6. The molecule has 10 atom stereocenters. The van der Waals surface area contributed by atoms with Crippen LogP contribution in [0.25, 0.3) is 21.9 Å². The minimum atomic E-state index is -1.75. The molecule has 4 heterocycles. The molecule has 0 aliphatic carbocycles. The summed E-state index contributed by atoms with van der Waals surface area (Å²) in [6.07, 6.45) is -15.2. The maximum absolute atomic E-state index is 13.4. The molecule has 7 rings (SSSR count). The molecule has 0 radical (unpaired) electrons. The van der Waals surface area contributed by atoms with Crippen LogP contribution in [-0.4, -0.2) is 126 Å². The van der Waals surface area contributed by atoms with Crippen LogP contribution in [0.1, 0.15) is 22.8 Å². The molecule has 3 aromatic rings. The Morgan fingerprint density at radius 3 is 2.18 bits per heavy atom. The molecule has 2 saturated heterocycles. The average Bonchev–Trinajstić information content (AvgIpc) is 3.74. The third-order valence-electron chi connectivity index (χ3n) is 9.23. The summed E-state index contributed by atoms with van der Waals surface area (Å²) in [7, 11) is 2.94. The number of ether oxygens (including phenoxy) is 9. The molecular weight excluding hydrogens is 652 g/mol. The fraction of sp³-hybridized carbons (Fsp3) is 0.485. The van der Waals surface area contributed by atoms with Crippen molar-refractivity contribution in [2.75, 3.05) is 27.6 Å². The smallest absolute Gasteiger partial charge is 0.339 e. The Morgan fingerprint density at radius 1 is 0.776 bits per heavy atom. The van der Waals surface area contributed by atoms with Gasteiger partial charge in [-0.25, -0.2) is 4.79 Å². The monoisotopic (exact) mass is 688 g/mol. The van der Waals surface area contributed by atoms with E-state index in [-0.39, 0.29) is 24.7 Å². The van der Waals surface area contributed by atoms with Gasteiger partial charge in [0.15, 0.2) is 29.3 Å². The zero-order valence-electron chi connectivity index (χ0n) is 26.5. The van der Waals surface area contributed by atoms with E-state index in [1.165, 1.54) is 21.1 Å². The molecule has 4 aliphatic heterocycles. The first kappa shape index (κ1) is 33.5. The number of cyclic esters (lactones) is 1. The standard InChI is InChI=1S/C33H36O16/c1-12-29(48-33-27(38)25(36)24(35)21(9-34)47-33)26(37)28(39)32(46-12)49-30-15-8-19(42-3)18(41-2)7-14(15)22(23-16(30)10-43-31(23)40)13-4-5-17-20(6-13)45-11-44-17/h4-8,12,21,24-29,32-39H,9-11H2,1-3H3/t12-,21-,24-,25+,26-,27-,28-,29-,32+,33+/m1/s1. The van der Waals surface area contributed by atoms with Crippen molar-refractivity contribution >= 4 is 16.7 Å². The van der Waals surface area contributed by atoms with Crippen molar-refractivity contribution in [3.05, 3.63) is 41.5 Å². The lowest BCUT2D eigenvalue weighted by atomic mass is 9.89. The molecular formula is C33H36O16. The Bertz CT molecular complexity index is 1740. The number of hydrogen-bond acceptors (Lipinski definition) is 16. The Kier molecular flexibility index (Phi) is 8.93. The predicted molar refractivity (Wildman–Crippen MR) is 163 cm³/mol. The van der Waals surface area contributed by atoms with Crippen LogP contribution in [0.2, 0.25) is 0 Å². The summed E-state index contributed by atoms with van der Waals surface area (Å²) in [6.45, 7) is 0.720. The van der Waals surface area contributed by atoms with Gasteiger partial charge in [-0.05, 0) is 42.1 Å². The largest absolute Gasteiger partial charge is 0.493 e. The van der Waals surface area contributed by atoms with E-state index >= 15 is 0 Å². The van der Waals surface area contributed by atoms with Crippen LogP contribution >= 0.6 is 0 Å². The summed E-state index contributed by atoms with van der Waals surface area (Å²) < 4.78 is 51.2. The van der Waals surface area contributed by atoms with E-state index in [9.17, 15) is 35.4 Å². The maximum atomic E-state index is 13.4. The van der Waals surface area contributed by atoms with Crippen LogP contribution in [-0.2, 0) is 25.6 Å². The number of benzene rings is 3. The molecule has 0 spiro atoms. The molecule has 264 valence electrons. The SMILES string of the molecule is COc1cc2c(O[C@@H]3O[C@H](C)[C@@H](O[C@@H]4O[C@H](CO)[C@@H](O)[C@H](O)[C@H]4O)[C@H](O)[C@H]3O)c3c(c(-c4ccc5c(c4)OCO5)c2cc1OC)C(=O)OC3. The van der Waals surface area contributed by atoms with Gasteiger partial charge < -0.3 is 73.3 Å². The van der Waals surface area contributed by atoms with E-state index in [0.29, 0.717) is 50.5 Å². The summed E-state index contributed by atoms with van der Waals surface area (Å²) in [5.41, 5.74) is 1.69. The third-order valence-corrected chi connectivity index (χ3v) is 9.23. The number of aliphatic hydroxyl groups is 6. The van der Waals surface area contributed by atoms with E-state index in [1.54, 1.807) is 30.3 Å². The molecule has 16 nitrogen and oxygen atoms in total. The van der Waals surface area contributed by atoms with Gasteiger partial charge in [0, 0.05) is 16.5 Å². The van der Waals surface area contributed by atoms with Gasteiger partial charge in [-0.3, -0.25) is 0 Å². The van der Waals surface area contributed by atoms with Gasteiger partial charge in [0.1, 0.15) is 55.1 Å². The number of esters is 1. The number of carbonyl (C=O) groups excluding carboxylic acids is 1. The topological polar surface area (TPSA) is 222 Å². The van der Waals surface area contributed by atoms with Gasteiger partial charge in [-0.1, -0.05) is 6.07 Å². The average molecular weight is 689 g/mol. The first-order valence-electron chi connectivity index (χ1n) is 15.5. The summed E-state index contributed by atoms with van der Waals surface area (Å²) in [4.78, 5) is 13.4. The highest BCUT2D eigenvalue weighted by molar-refractivity contribution is 6.14. The highest BCUT2D eigenvalue weighted by Gasteiger charge is 2.50. The van der Waals surface area contributed by atoms with E-state index in [2.05, 4.69) is 0 Å². The second-order valence-corrected chi connectivity index (χ2v) is 12.1. The molecule has 0 aromatic heterocycles. The number of aliphatic hydroxyl groups excluding tert-OH is 6. The molecule has 0 bridgehead atoms. The van der Waals surface area contributed by atoms with E-state index < -0.39 is 74.0 Å². The van der Waals surface area contributed by atoms with Crippen LogP contribution < -0.4 is 23.7 Å². The van der Waals surface area contributed by atoms with E-state index in [0.717, 1.165) is 0 Å². The van der Waals surface area contributed by atoms with Crippen LogP contribution in [0.4, 0.5) is 0 Å². The minimum Gasteiger partial charge on any atom is -0.493 e. The van der Waals surface area contributed by atoms with Crippen LogP contribution in [0.15, 0.2) is 30.3 Å². The van der Waals surface area contributed by atoms with Crippen LogP contribution in [0.3, 0.4) is 0 Å². The van der Waals surface area contributed by atoms with Gasteiger partial charge in [0.2, 0.25) is 13.1 Å². The lowest BCUT2D eigenvalue weighted by Gasteiger charge is -2.45. The van der Waals surface area contributed by atoms with Gasteiger partial charge in [0.25, 0.3) is 0 Å². The Labute approximate surface area is 278 Å². The minimum absolute atomic E-state index is 0.0554. The van der Waals surface area contributed by atoms with Crippen molar-refractivity contribution in [2.24, 2.45) is 0 Å². The van der Waals surface area contributed by atoms with Crippen LogP contribution in [0.5, 0.6) is 28.7 Å². The number of rotatable bonds is 8. The Morgan fingerprint density at radius 2 is 1.47 bits per heavy atom. The summed E-state index contributed by atoms with van der Waals surface area (Å²) >= 11 is 0. The molecule has 2 fully saturated rings. The van der Waals surface area contributed by atoms with Crippen molar-refractivity contribution in [2.45, 2.75) is 74.9 Å². The first-order valence-corrected chi connectivity index (χ1v) is 15.5. The quantitative estimate of drug-likeness (QED) is 0.171. The summed E-state index contributed by atoms with van der Waals surface area (Å²) in [6, 6.07) is 8.61. The second kappa shape index (κ2) is 13.1. The van der Waals surface area contributed by atoms with Gasteiger partial charge in [-0.15, -0.1) is 0 Å². The Hall–Kier alpha value is -3.97. The molecule has 0 saturated carbocycles. The highest BCUT2D eigenvalue weighted by atomic mass is 16.7. The highest BCUT2D eigenvalue weighted by Crippen LogP contribution is 2.50. The van der Waals surface area contributed by atoms with Crippen molar-refractivity contribution in [1.82, 2.24) is 0 Å². The maximum Gasteiger partial charge on any atom is 0.339 e. The van der Waals surface area contributed by atoms with Crippen molar-refractivity contribution < 1.29 is 78.1 Å². The van der Waals surface area contributed by atoms with E-state index in [1.807, 2.05) is 0 Å². The summed E-state index contributed by atoms with van der Waals surface area (Å²) in [5.74, 6) is 1.26. The normalized spacial score (nSPS) is 32.1. The lowest BCUT2D eigenvalue weighted by molar-refractivity contribution is -0.348. The second-order valence-electron chi connectivity index (χ2n) is 12.1. The van der Waals surface area contributed by atoms with Gasteiger partial charge in [-0.2, -0.15) is 0 Å². The number of carbonyl (C=O) groups is 1. The number of fused-ring (bicyclic) bond motifs is 3. The fourth-order valence-electron chi connectivity index (χ4n) is 6.64. The van der Waals surface area contributed by atoms with Crippen LogP contribution in [0, 0.1) is 0 Å². The van der Waals surface area contributed by atoms with Crippen molar-refractivity contribution in [3.8, 4) is 39.9 Å². The molecule has 3 aromatic carbocycles. The third kappa shape index (κ3) is 5.58. The Balaban J connectivity index is 1.26. The van der Waals surface area contributed by atoms with Gasteiger partial charge in [0.05, 0.1) is 32.5 Å². The zero-order chi connectivity index (χ0) is 34.7. The molecule has 6 N–H and O–H groups in total. The molecule has 49 heavy (non-hydrogen) atoms. The number of methoxy groups -OCH3 is 2. The molecule has 4 aliphatic rings. The van der Waals surface area contributed by atoms with E-state index in [4.69, 9.17) is 42.6 Å². The fourth-order valence-corrected chi connectivity index (χ4v) is 6.64. The van der Waals surface area contributed by atoms with Crippen molar-refractivity contribution in [3.63, 3.8) is 0 Å². The first-order chi connectivity index (χ1) is 23.6. The van der Waals surface area contributed by atoms with Crippen molar-refractivity contribution in [1.29, 1.82) is 0 Å². The zero-order valence-corrected chi connectivity index (χ0v) is 26.5. The molecule has 0 unspecified atom stereocenters. The van der Waals surface area contributed by atoms with Gasteiger partial charge >= 0.3 is 5.97 Å². The summed E-state index contributed by atoms with van der Waals surface area (Å²) in [5, 5.41) is 63.7. The predicted octanol–water partition coefficient (Wildman–Crippen LogP) is -0.0464.